The van der Waals surface area contributed by atoms with E-state index in [1.807, 2.05) is 0 Å². The number of imide groups is 1. The van der Waals surface area contributed by atoms with Crippen LogP contribution in [0.15, 0.2) is 0 Å². The van der Waals surface area contributed by atoms with Crippen LogP contribution in [0.1, 0.15) is 19.8 Å². The number of amides is 3. The van der Waals surface area contributed by atoms with E-state index in [1.165, 1.54) is 4.90 Å². The number of urea groups is 1. The maximum absolute atomic E-state index is 11.3. The van der Waals surface area contributed by atoms with Gasteiger partial charge in [-0.3, -0.25) is 9.69 Å². The molecule has 13 heavy (non-hydrogen) atoms. The molecule has 0 bridgehead atoms. The van der Waals surface area contributed by atoms with Crippen molar-refractivity contribution in [3.05, 3.63) is 0 Å². The number of carbonyl (C=O) groups is 2. The van der Waals surface area contributed by atoms with Gasteiger partial charge in [0.1, 0.15) is 6.04 Å². The molecule has 1 saturated heterocycles. The zero-order valence-corrected chi connectivity index (χ0v) is 7.54. The molecular weight excluding hydrogens is 168 g/mol. The highest BCUT2D eigenvalue weighted by molar-refractivity contribution is 6.03. The first-order valence-corrected chi connectivity index (χ1v) is 4.22. The Bertz CT molecular complexity index is 267. The molecule has 1 N–H and O–H groups in total. The highest BCUT2D eigenvalue weighted by Crippen LogP contribution is 2.06. The predicted octanol–water partition coefficient (Wildman–Crippen LogP) is 0.340. The Morgan fingerprint density at radius 1 is 1.62 bits per heavy atom. The van der Waals surface area contributed by atoms with Crippen molar-refractivity contribution in [2.75, 3.05) is 6.54 Å². The molecule has 4 nitrogen and oxygen atoms in total. The molecule has 0 spiro atoms. The normalized spacial score (nSPS) is 21.5. The minimum Gasteiger partial charge on any atom is -0.326 e. The lowest BCUT2D eigenvalue weighted by Gasteiger charge is -2.10. The second kappa shape index (κ2) is 3.94. The Morgan fingerprint density at radius 2 is 2.31 bits per heavy atom. The van der Waals surface area contributed by atoms with E-state index in [4.69, 9.17) is 6.42 Å². The SMILES string of the molecule is C#CCCCN1C(=O)NC(C)C1=O. The summed E-state index contributed by atoms with van der Waals surface area (Å²) < 4.78 is 0. The van der Waals surface area contributed by atoms with Crippen LogP contribution in [-0.2, 0) is 4.79 Å². The van der Waals surface area contributed by atoms with Crippen LogP contribution in [0, 0.1) is 12.3 Å². The molecule has 0 aromatic carbocycles. The van der Waals surface area contributed by atoms with Crippen molar-refractivity contribution >= 4 is 11.9 Å². The number of unbranched alkanes of at least 4 members (excludes halogenated alkanes) is 1. The Kier molecular flexibility index (Phi) is 2.91. The summed E-state index contributed by atoms with van der Waals surface area (Å²) in [4.78, 5) is 23.6. The lowest BCUT2D eigenvalue weighted by molar-refractivity contribution is -0.127. The molecule has 1 fully saturated rings. The molecule has 1 atom stereocenters. The van der Waals surface area contributed by atoms with Gasteiger partial charge in [0.25, 0.3) is 5.91 Å². The van der Waals surface area contributed by atoms with Crippen molar-refractivity contribution in [3.63, 3.8) is 0 Å². The third kappa shape index (κ3) is 2.00. The topological polar surface area (TPSA) is 49.4 Å². The molecule has 1 unspecified atom stereocenters. The van der Waals surface area contributed by atoms with Crippen molar-refractivity contribution in [2.24, 2.45) is 0 Å². The maximum Gasteiger partial charge on any atom is 0.324 e. The molecule has 0 aliphatic carbocycles. The summed E-state index contributed by atoms with van der Waals surface area (Å²) in [6.07, 6.45) is 6.31. The Morgan fingerprint density at radius 3 is 2.77 bits per heavy atom. The third-order valence-corrected chi connectivity index (χ3v) is 1.92. The molecule has 0 saturated carbocycles. The molecular formula is C9H12N2O2. The van der Waals surface area contributed by atoms with E-state index in [9.17, 15) is 9.59 Å². The van der Waals surface area contributed by atoms with E-state index in [2.05, 4.69) is 11.2 Å². The summed E-state index contributed by atoms with van der Waals surface area (Å²) in [7, 11) is 0. The highest BCUT2D eigenvalue weighted by atomic mass is 16.2. The molecule has 0 aromatic heterocycles. The predicted molar refractivity (Wildman–Crippen MR) is 47.8 cm³/mol. The van der Waals surface area contributed by atoms with Crippen LogP contribution in [-0.4, -0.2) is 29.4 Å². The number of nitrogens with one attached hydrogen (secondary N) is 1. The van der Waals surface area contributed by atoms with Gasteiger partial charge < -0.3 is 5.32 Å². The van der Waals surface area contributed by atoms with Crippen LogP contribution in [0.4, 0.5) is 4.79 Å². The molecule has 0 radical (unpaired) electrons. The monoisotopic (exact) mass is 180 g/mol. The van der Waals surface area contributed by atoms with E-state index >= 15 is 0 Å². The van der Waals surface area contributed by atoms with Crippen LogP contribution >= 0.6 is 0 Å². The molecule has 0 aromatic rings. The molecule has 1 aliphatic heterocycles. The molecule has 1 aliphatic rings. The van der Waals surface area contributed by atoms with Gasteiger partial charge in [-0.25, -0.2) is 4.79 Å². The first-order chi connectivity index (χ1) is 6.16. The second-order valence-electron chi connectivity index (χ2n) is 2.97. The summed E-state index contributed by atoms with van der Waals surface area (Å²) in [5.41, 5.74) is 0. The number of nitrogens with zero attached hydrogens (tertiary/aromatic N) is 1. The number of hydrogen-bond donors (Lipinski definition) is 1. The summed E-state index contributed by atoms with van der Waals surface area (Å²) in [6.45, 7) is 2.08. The van der Waals surface area contributed by atoms with E-state index < -0.39 is 6.04 Å². The number of carbonyl (C=O) groups excluding carboxylic acids is 2. The molecule has 1 rings (SSSR count). The van der Waals surface area contributed by atoms with Gasteiger partial charge in [-0.2, -0.15) is 0 Å². The number of terminal acetylenes is 1. The minimum absolute atomic E-state index is 0.165. The van der Waals surface area contributed by atoms with Crippen LogP contribution in [0.5, 0.6) is 0 Å². The van der Waals surface area contributed by atoms with Gasteiger partial charge in [0.2, 0.25) is 0 Å². The quantitative estimate of drug-likeness (QED) is 0.387. The van der Waals surface area contributed by atoms with Crippen molar-refractivity contribution < 1.29 is 9.59 Å². The highest BCUT2D eigenvalue weighted by Gasteiger charge is 2.33. The van der Waals surface area contributed by atoms with Crippen molar-refractivity contribution in [2.45, 2.75) is 25.8 Å². The first-order valence-electron chi connectivity index (χ1n) is 4.22. The van der Waals surface area contributed by atoms with Gasteiger partial charge in [-0.1, -0.05) is 0 Å². The average molecular weight is 180 g/mol. The van der Waals surface area contributed by atoms with E-state index in [-0.39, 0.29) is 11.9 Å². The zero-order chi connectivity index (χ0) is 9.84. The average Bonchev–Trinajstić information content (AvgIpc) is 2.32. The molecule has 3 amide bonds. The summed E-state index contributed by atoms with van der Waals surface area (Å²) >= 11 is 0. The van der Waals surface area contributed by atoms with Crippen LogP contribution in [0.2, 0.25) is 0 Å². The minimum atomic E-state index is -0.390. The lowest BCUT2D eigenvalue weighted by atomic mass is 10.3. The lowest BCUT2D eigenvalue weighted by Crippen LogP contribution is -2.32. The van der Waals surface area contributed by atoms with E-state index in [1.54, 1.807) is 6.92 Å². The Labute approximate surface area is 77.3 Å². The molecule has 4 heteroatoms. The summed E-state index contributed by atoms with van der Waals surface area (Å²) in [5, 5.41) is 2.53. The number of rotatable bonds is 3. The fourth-order valence-electron chi connectivity index (χ4n) is 1.21. The van der Waals surface area contributed by atoms with Crippen LogP contribution < -0.4 is 5.32 Å². The van der Waals surface area contributed by atoms with E-state index in [0.717, 1.165) is 0 Å². The van der Waals surface area contributed by atoms with Gasteiger partial charge in [0.15, 0.2) is 0 Å². The fraction of sp³-hybridized carbons (Fsp3) is 0.556. The summed E-state index contributed by atoms with van der Waals surface area (Å²) in [5.74, 6) is 2.30. The van der Waals surface area contributed by atoms with Gasteiger partial charge in [-0.05, 0) is 13.3 Å². The van der Waals surface area contributed by atoms with Crippen molar-refractivity contribution in [1.82, 2.24) is 10.2 Å². The number of hydrogen-bond acceptors (Lipinski definition) is 2. The Hall–Kier alpha value is -1.50. The fourth-order valence-corrected chi connectivity index (χ4v) is 1.21. The standard InChI is InChI=1S/C9H12N2O2/c1-3-4-5-6-11-8(12)7(2)10-9(11)13/h1,7H,4-6H2,2H3,(H,10,13). The van der Waals surface area contributed by atoms with Crippen LogP contribution in [0.3, 0.4) is 0 Å². The van der Waals surface area contributed by atoms with Crippen molar-refractivity contribution in [3.8, 4) is 12.3 Å². The Balaban J connectivity index is 2.46. The van der Waals surface area contributed by atoms with E-state index in [0.29, 0.717) is 19.4 Å². The van der Waals surface area contributed by atoms with Gasteiger partial charge >= 0.3 is 6.03 Å². The summed E-state index contributed by atoms with van der Waals surface area (Å²) in [6, 6.07) is -0.701. The first kappa shape index (κ1) is 9.59. The molecule has 70 valence electrons. The van der Waals surface area contributed by atoms with Crippen LogP contribution in [0.25, 0.3) is 0 Å². The zero-order valence-electron chi connectivity index (χ0n) is 7.54. The van der Waals surface area contributed by atoms with Gasteiger partial charge in [-0.15, -0.1) is 12.3 Å². The van der Waals surface area contributed by atoms with Crippen molar-refractivity contribution in [1.29, 1.82) is 0 Å². The van der Waals surface area contributed by atoms with Gasteiger partial charge in [0.05, 0.1) is 0 Å². The third-order valence-electron chi connectivity index (χ3n) is 1.92. The maximum atomic E-state index is 11.3. The largest absolute Gasteiger partial charge is 0.326 e. The second-order valence-corrected chi connectivity index (χ2v) is 2.97. The van der Waals surface area contributed by atoms with Gasteiger partial charge in [0, 0.05) is 13.0 Å². The smallest absolute Gasteiger partial charge is 0.324 e. The molecule has 1 heterocycles.